The van der Waals surface area contributed by atoms with Crippen molar-refractivity contribution >= 4 is 165 Å². The van der Waals surface area contributed by atoms with Crippen LogP contribution in [0.3, 0.4) is 0 Å². The van der Waals surface area contributed by atoms with Crippen molar-refractivity contribution in [3.63, 3.8) is 0 Å². The molecule has 4 nitrogen and oxygen atoms in total. The fourth-order valence-electron chi connectivity index (χ4n) is 12.9. The van der Waals surface area contributed by atoms with Gasteiger partial charge in [0.2, 0.25) is 0 Å². The number of thiophene rings is 4. The van der Waals surface area contributed by atoms with Gasteiger partial charge < -0.3 is 18.6 Å². The Morgan fingerprint density at radius 1 is 0.349 bits per heavy atom. The molecule has 0 amide bonds. The molecule has 15 aromatic rings. The molecule has 2 aliphatic rings. The van der Waals surface area contributed by atoms with Crippen LogP contribution >= 0.6 is 45.3 Å². The highest BCUT2D eigenvalue weighted by molar-refractivity contribution is 7.23. The predicted molar refractivity (Wildman–Crippen MR) is 361 cm³/mol. The first-order chi connectivity index (χ1) is 40.3. The lowest BCUT2D eigenvalue weighted by molar-refractivity contribution is 0.590. The summed E-state index contributed by atoms with van der Waals surface area (Å²) < 4.78 is 20.2. The van der Waals surface area contributed by atoms with Crippen molar-refractivity contribution < 1.29 is 8.83 Å². The van der Waals surface area contributed by atoms with Crippen LogP contribution < -0.4 is 26.6 Å². The number of benzene rings is 9. The Balaban J connectivity index is 0.971. The molecule has 17 rings (SSSR count). The standard InChI is InChI=1S/C74H53BN2O2S4/c1-73(2,3)50-26-28-58-54(40-50)69-71(78-58)75-68-56(76(69)52-32-46(64-36-42-16-7-11-22-60(42)80-64)30-47(33-52)65-37-43-17-8-12-23-61(43)81-65)20-15-21-57(68)77(70-55-41-51(74(4,5)6)27-29-59(55)79-72(70)75)53-34-48(66-38-44-18-9-13-24-62(44)82-66)31-49(35-53)67-39-45-19-10-14-25-63(45)83-67/h7-41H,1-6H3. The molecule has 0 spiro atoms. The molecule has 9 heteroatoms. The number of furan rings is 2. The van der Waals surface area contributed by atoms with E-state index in [9.17, 15) is 0 Å². The van der Waals surface area contributed by atoms with E-state index in [1.165, 1.54) is 93.2 Å². The van der Waals surface area contributed by atoms with Gasteiger partial charge in [-0.15, -0.1) is 45.3 Å². The summed E-state index contributed by atoms with van der Waals surface area (Å²) in [5.41, 5.74) is 18.0. The fraction of sp³-hybridized carbons (Fsp3) is 0.108. The maximum atomic E-state index is 7.54. The van der Waals surface area contributed by atoms with Crippen molar-refractivity contribution in [1.82, 2.24) is 0 Å². The Labute approximate surface area is 497 Å². The molecule has 0 atom stereocenters. The highest BCUT2D eigenvalue weighted by atomic mass is 32.1. The third kappa shape index (κ3) is 7.82. The average molecular weight is 1140 g/mol. The molecule has 2 aliphatic heterocycles. The van der Waals surface area contributed by atoms with Crippen LogP contribution in [-0.4, -0.2) is 6.71 Å². The lowest BCUT2D eigenvalue weighted by Crippen LogP contribution is -2.60. The quantitative estimate of drug-likeness (QED) is 0.155. The minimum absolute atomic E-state index is 0.112. The van der Waals surface area contributed by atoms with Gasteiger partial charge in [0.1, 0.15) is 22.5 Å². The van der Waals surface area contributed by atoms with Gasteiger partial charge in [0.05, 0.1) is 11.4 Å². The van der Waals surface area contributed by atoms with Crippen LogP contribution in [0.4, 0.5) is 34.1 Å². The van der Waals surface area contributed by atoms with Gasteiger partial charge in [-0.05, 0) is 193 Å². The van der Waals surface area contributed by atoms with E-state index in [0.717, 1.165) is 72.8 Å². The molecule has 0 aliphatic carbocycles. The van der Waals surface area contributed by atoms with Gasteiger partial charge in [-0.2, -0.15) is 0 Å². The van der Waals surface area contributed by atoms with Crippen LogP contribution in [0.5, 0.6) is 0 Å². The SMILES string of the molecule is CC(C)(C)c1ccc2oc3c(c2c1)N(c1cc(-c2cc4ccccc4s2)cc(-c2cc4ccccc4s2)c1)c1cccc2c1B3c1oc3ccc(C(C)(C)C)cc3c1N2c1cc(-c2cc3ccccc3s2)cc(-c2cc3ccccc3s2)c1. The minimum atomic E-state index is -0.379. The second-order valence-corrected chi connectivity index (χ2v) is 28.8. The van der Waals surface area contributed by atoms with Crippen LogP contribution in [0.15, 0.2) is 221 Å². The van der Waals surface area contributed by atoms with Crippen molar-refractivity contribution in [3.05, 3.63) is 223 Å². The van der Waals surface area contributed by atoms with Crippen molar-refractivity contribution in [2.75, 3.05) is 9.80 Å². The zero-order valence-electron chi connectivity index (χ0n) is 46.6. The number of fused-ring (bicyclic) bond motifs is 12. The molecule has 398 valence electrons. The summed E-state index contributed by atoms with van der Waals surface area (Å²) in [6.45, 7) is 13.4. The first-order valence-electron chi connectivity index (χ1n) is 28.5. The third-order valence-electron chi connectivity index (χ3n) is 17.1. The van der Waals surface area contributed by atoms with E-state index in [1.807, 2.05) is 45.3 Å². The van der Waals surface area contributed by atoms with Crippen molar-refractivity contribution in [2.45, 2.75) is 52.4 Å². The lowest BCUT2D eigenvalue weighted by atomic mass is 9.37. The maximum absolute atomic E-state index is 7.54. The average Bonchev–Trinajstić information content (AvgIpc) is 3.70. The fourth-order valence-corrected chi connectivity index (χ4v) is 17.1. The summed E-state index contributed by atoms with van der Waals surface area (Å²) in [4.78, 5) is 10.00. The van der Waals surface area contributed by atoms with Gasteiger partial charge in [-0.3, -0.25) is 0 Å². The molecule has 0 saturated carbocycles. The summed E-state index contributed by atoms with van der Waals surface area (Å²) >= 11 is 7.42. The monoisotopic (exact) mass is 1140 g/mol. The van der Waals surface area contributed by atoms with Crippen LogP contribution in [0.1, 0.15) is 52.7 Å². The molecular formula is C74H53BN2O2S4. The van der Waals surface area contributed by atoms with Crippen LogP contribution in [-0.2, 0) is 10.8 Å². The largest absolute Gasteiger partial charge is 0.468 e. The second kappa shape index (κ2) is 18.0. The summed E-state index contributed by atoms with van der Waals surface area (Å²) in [5, 5.41) is 7.16. The van der Waals surface area contributed by atoms with Crippen LogP contribution in [0, 0.1) is 0 Å². The summed E-state index contributed by atoms with van der Waals surface area (Å²) in [6.07, 6.45) is 0. The lowest BCUT2D eigenvalue weighted by Gasteiger charge is -2.40. The number of rotatable bonds is 6. The normalized spacial score (nSPS) is 13.3. The van der Waals surface area contributed by atoms with Crippen molar-refractivity contribution in [3.8, 4) is 41.8 Å². The number of anilines is 6. The Morgan fingerprint density at radius 2 is 0.687 bits per heavy atom. The number of hydrogen-bond donors (Lipinski definition) is 0. The highest BCUT2D eigenvalue weighted by Gasteiger charge is 2.50. The highest BCUT2D eigenvalue weighted by Crippen LogP contribution is 2.53. The zero-order valence-corrected chi connectivity index (χ0v) is 49.9. The van der Waals surface area contributed by atoms with E-state index in [-0.39, 0.29) is 17.5 Å². The smallest absolute Gasteiger partial charge is 0.342 e. The summed E-state index contributed by atoms with van der Waals surface area (Å²) in [5.74, 6) is 0. The van der Waals surface area contributed by atoms with Gasteiger partial charge >= 0.3 is 6.71 Å². The molecule has 6 aromatic heterocycles. The first kappa shape index (κ1) is 49.2. The Hall–Kier alpha value is -8.44. The first-order valence-corrected chi connectivity index (χ1v) is 31.7. The molecule has 0 N–H and O–H groups in total. The van der Waals surface area contributed by atoms with Gasteiger partial charge in [0.25, 0.3) is 0 Å². The van der Waals surface area contributed by atoms with Crippen molar-refractivity contribution in [2.24, 2.45) is 0 Å². The molecule has 0 radical (unpaired) electrons. The number of hydrogen-bond acceptors (Lipinski definition) is 8. The third-order valence-corrected chi connectivity index (χ3v) is 21.8. The van der Waals surface area contributed by atoms with Gasteiger partial charge in [-0.25, -0.2) is 0 Å². The molecule has 8 heterocycles. The maximum Gasteiger partial charge on any atom is 0.342 e. The van der Waals surface area contributed by atoms with Crippen LogP contribution in [0.25, 0.3) is 104 Å². The van der Waals surface area contributed by atoms with E-state index in [0.29, 0.717) is 0 Å². The second-order valence-electron chi connectivity index (χ2n) is 24.5. The molecule has 83 heavy (non-hydrogen) atoms. The van der Waals surface area contributed by atoms with E-state index >= 15 is 0 Å². The summed E-state index contributed by atoms with van der Waals surface area (Å²) in [6, 6.07) is 79.6. The molecule has 0 saturated heterocycles. The minimum Gasteiger partial charge on any atom is -0.468 e. The summed E-state index contributed by atoms with van der Waals surface area (Å²) in [7, 11) is 0. The van der Waals surface area contributed by atoms with E-state index in [2.05, 4.69) is 264 Å². The van der Waals surface area contributed by atoms with E-state index < -0.39 is 0 Å². The molecule has 0 bridgehead atoms. The topological polar surface area (TPSA) is 32.8 Å². The molecular weight excluding hydrogens is 1090 g/mol. The predicted octanol–water partition coefficient (Wildman–Crippen LogP) is 21.4. The van der Waals surface area contributed by atoms with E-state index in [4.69, 9.17) is 8.83 Å². The van der Waals surface area contributed by atoms with Crippen molar-refractivity contribution in [1.29, 1.82) is 0 Å². The van der Waals surface area contributed by atoms with E-state index in [1.54, 1.807) is 0 Å². The zero-order chi connectivity index (χ0) is 55.6. The Bertz CT molecular complexity index is 4550. The van der Waals surface area contributed by atoms with Crippen LogP contribution in [0.2, 0.25) is 0 Å². The molecule has 9 aromatic carbocycles. The molecule has 0 fully saturated rings. The number of nitrogens with zero attached hydrogens (tertiary/aromatic N) is 2. The van der Waals surface area contributed by atoms with Gasteiger partial charge in [0.15, 0.2) is 0 Å². The van der Waals surface area contributed by atoms with Gasteiger partial charge in [-0.1, -0.05) is 133 Å². The Morgan fingerprint density at radius 3 is 1.01 bits per heavy atom. The Kier molecular flexibility index (Phi) is 10.7. The van der Waals surface area contributed by atoms with Gasteiger partial charge in [0, 0.05) is 71.8 Å². The molecule has 0 unspecified atom stereocenters.